The molecular formula is C51H54ClN5O8S2. The molecule has 4 aliphatic rings. The molecule has 8 rings (SSSR count). The van der Waals surface area contributed by atoms with E-state index in [1.807, 2.05) is 68.5 Å². The van der Waals surface area contributed by atoms with Gasteiger partial charge in [-0.05, 0) is 110 Å². The number of sulfonamides is 1. The fourth-order valence-electron chi connectivity index (χ4n) is 10.0. The van der Waals surface area contributed by atoms with Gasteiger partial charge in [0.15, 0.2) is 18.3 Å². The number of carbonyl (C=O) groups excluding carboxylic acids is 5. The van der Waals surface area contributed by atoms with Crippen LogP contribution in [0.4, 0.5) is 11.4 Å². The second-order valence-electron chi connectivity index (χ2n) is 17.9. The number of likely N-dealkylation sites (tertiary alicyclic amines) is 1. The van der Waals surface area contributed by atoms with Crippen molar-refractivity contribution >= 4 is 86.2 Å². The minimum atomic E-state index is -3.71. The molecule has 67 heavy (non-hydrogen) atoms. The predicted octanol–water partition coefficient (Wildman–Crippen LogP) is 8.81. The van der Waals surface area contributed by atoms with Crippen molar-refractivity contribution < 1.29 is 37.1 Å². The van der Waals surface area contributed by atoms with E-state index >= 15 is 0 Å². The van der Waals surface area contributed by atoms with Crippen LogP contribution < -0.4 is 20.3 Å². The Morgan fingerprint density at radius 1 is 1.04 bits per heavy atom. The maximum atomic E-state index is 14.0. The molecule has 2 unspecified atom stereocenters. The maximum Gasteiger partial charge on any atom is 0.259 e. The van der Waals surface area contributed by atoms with Crippen molar-refractivity contribution in [1.29, 1.82) is 0 Å². The third-order valence-electron chi connectivity index (χ3n) is 13.2. The number of hydrogen-bond acceptors (Lipinski definition) is 12. The summed E-state index contributed by atoms with van der Waals surface area (Å²) >= 11 is 7.79. The number of ether oxygens (including phenoxy) is 1. The molecular weight excluding hydrogens is 910 g/mol. The smallest absolute Gasteiger partial charge is 0.259 e. The molecule has 13 nitrogen and oxygen atoms in total. The molecule has 3 aromatic carbocycles. The van der Waals surface area contributed by atoms with Gasteiger partial charge >= 0.3 is 0 Å². The van der Waals surface area contributed by atoms with E-state index in [0.717, 1.165) is 77.7 Å². The first-order chi connectivity index (χ1) is 32.3. The van der Waals surface area contributed by atoms with Crippen LogP contribution in [0.5, 0.6) is 5.75 Å². The minimum absolute atomic E-state index is 0.00955. The zero-order valence-electron chi connectivity index (χ0n) is 37.5. The number of amides is 1. The molecule has 0 radical (unpaired) electrons. The highest BCUT2D eigenvalue weighted by Crippen LogP contribution is 2.46. The Bertz CT molecular complexity index is 2830. The van der Waals surface area contributed by atoms with Crippen molar-refractivity contribution in [2.24, 2.45) is 0 Å². The van der Waals surface area contributed by atoms with Crippen LogP contribution in [0.1, 0.15) is 90.3 Å². The van der Waals surface area contributed by atoms with E-state index in [-0.39, 0.29) is 53.8 Å². The molecule has 2 N–H and O–H groups in total. The number of allylic oxidation sites excluding steroid dienone is 4. The average molecular weight is 965 g/mol. The van der Waals surface area contributed by atoms with E-state index in [4.69, 9.17) is 16.3 Å². The minimum Gasteiger partial charge on any atom is -0.483 e. The number of nitrogens with one attached hydrogen (secondary N) is 2. The Hall–Kier alpha value is -5.87. The van der Waals surface area contributed by atoms with Crippen molar-refractivity contribution in [1.82, 2.24) is 14.5 Å². The summed E-state index contributed by atoms with van der Waals surface area (Å²) in [5, 5.41) is 9.31. The van der Waals surface area contributed by atoms with Crippen LogP contribution >= 0.6 is 22.9 Å². The van der Waals surface area contributed by atoms with Gasteiger partial charge in [-0.3, -0.25) is 19.3 Å². The molecule has 0 aliphatic carbocycles. The topological polar surface area (TPSA) is 162 Å². The molecule has 2 fully saturated rings. The lowest BCUT2D eigenvalue weighted by Crippen LogP contribution is -2.55. The zero-order valence-corrected chi connectivity index (χ0v) is 39.9. The lowest BCUT2D eigenvalue weighted by Gasteiger charge is -2.45. The first-order valence-electron chi connectivity index (χ1n) is 22.5. The third kappa shape index (κ3) is 9.78. The largest absolute Gasteiger partial charge is 0.483 e. The predicted molar refractivity (Wildman–Crippen MR) is 265 cm³/mol. The van der Waals surface area contributed by atoms with Crippen molar-refractivity contribution in [3.63, 3.8) is 0 Å². The highest BCUT2D eigenvalue weighted by Gasteiger charge is 2.42. The maximum absolute atomic E-state index is 14.0. The van der Waals surface area contributed by atoms with Crippen LogP contribution in [-0.2, 0) is 24.4 Å². The van der Waals surface area contributed by atoms with Crippen molar-refractivity contribution in [2.75, 3.05) is 42.2 Å². The number of rotatable bonds is 19. The zero-order chi connectivity index (χ0) is 47.5. The van der Waals surface area contributed by atoms with Crippen LogP contribution in [0.3, 0.4) is 0 Å². The quantitative estimate of drug-likeness (QED) is 0.0683. The van der Waals surface area contributed by atoms with Gasteiger partial charge in [-0.15, -0.1) is 11.3 Å². The second-order valence-corrected chi connectivity index (χ2v) is 21.3. The molecule has 0 bridgehead atoms. The van der Waals surface area contributed by atoms with Gasteiger partial charge in [-0.1, -0.05) is 60.7 Å². The van der Waals surface area contributed by atoms with Crippen LogP contribution in [-0.4, -0.2) is 98.3 Å². The van der Waals surface area contributed by atoms with E-state index in [9.17, 15) is 32.4 Å². The first-order valence-corrected chi connectivity index (χ1v) is 25.3. The monoisotopic (exact) mass is 963 g/mol. The Labute approximate surface area is 400 Å². The van der Waals surface area contributed by atoms with Gasteiger partial charge in [0.05, 0.1) is 22.4 Å². The SMILES string of the molecule is C=C/C(=C\C=C1/CC=C(N2CCC(c3ccc4c5c(cccc35)C(=O)N4C(C=O)CCC=O)CC2)N1)CS(=O)(=O)N1CCC(Nc2cccc(-c3sc(C=O)c(OCC=O)c3Cl)c2)CC1(C)C. The Balaban J connectivity index is 0.857. The van der Waals surface area contributed by atoms with E-state index in [0.29, 0.717) is 59.3 Å². The first kappa shape index (κ1) is 47.6. The molecule has 350 valence electrons. The third-order valence-corrected chi connectivity index (χ3v) is 16.9. The van der Waals surface area contributed by atoms with Gasteiger partial charge in [-0.25, -0.2) is 8.42 Å². The highest BCUT2D eigenvalue weighted by atomic mass is 35.5. The summed E-state index contributed by atoms with van der Waals surface area (Å²) in [5.41, 5.74) is 5.00. The van der Waals surface area contributed by atoms with Gasteiger partial charge in [0.2, 0.25) is 10.0 Å². The van der Waals surface area contributed by atoms with E-state index in [2.05, 4.69) is 40.3 Å². The standard InChI is InChI=1S/C51H54ClN5O8S2/c1-4-33(32-67(63,64)56-24-21-38(29-51(56,2)3)53-37-9-5-8-35(28-37)49-47(52)48(65-27-26-59)44(31-61)66-49)13-14-36-15-18-45(54-36)55-22-19-34(20-23-55)40-16-17-43-46-41(40)11-6-12-42(46)50(62)57(43)39(30-60)10-7-25-58/h4-6,8-9,11-14,16-18,25-26,28,30-31,34,38-39,53-54H,1,7,10,15,19-24,27,29,32H2,2-3H3/b33-13+,36-14+. The molecule has 5 heterocycles. The Kier molecular flexibility index (Phi) is 14.3. The van der Waals surface area contributed by atoms with Crippen LogP contribution in [0.25, 0.3) is 21.2 Å². The summed E-state index contributed by atoms with van der Waals surface area (Å²) in [6, 6.07) is 16.8. The van der Waals surface area contributed by atoms with Gasteiger partial charge in [0.1, 0.15) is 34.9 Å². The van der Waals surface area contributed by atoms with E-state index in [1.54, 1.807) is 15.3 Å². The number of anilines is 2. The van der Waals surface area contributed by atoms with Crippen LogP contribution in [0.15, 0.2) is 103 Å². The summed E-state index contributed by atoms with van der Waals surface area (Å²) in [5.74, 6) is 1.12. The average Bonchev–Trinajstić information content (AvgIpc) is 4.01. The number of thiophene rings is 1. The van der Waals surface area contributed by atoms with Crippen molar-refractivity contribution in [2.45, 2.75) is 82.3 Å². The molecule has 4 aromatic rings. The lowest BCUT2D eigenvalue weighted by molar-refractivity contribution is -0.110. The van der Waals surface area contributed by atoms with Crippen LogP contribution in [0, 0.1) is 0 Å². The number of benzene rings is 3. The number of aldehydes is 4. The number of carbonyl (C=O) groups is 5. The Morgan fingerprint density at radius 3 is 2.55 bits per heavy atom. The number of halogens is 1. The fraction of sp³-hybridized carbons (Fsp3) is 0.353. The normalized spacial score (nSPS) is 19.8. The van der Waals surface area contributed by atoms with Crippen molar-refractivity contribution in [3.8, 4) is 16.2 Å². The summed E-state index contributed by atoms with van der Waals surface area (Å²) < 4.78 is 35.1. The van der Waals surface area contributed by atoms with E-state index in [1.165, 1.54) is 16.9 Å². The number of hydrogen-bond donors (Lipinski definition) is 2. The summed E-state index contributed by atoms with van der Waals surface area (Å²) in [4.78, 5) is 64.1. The molecule has 1 aromatic heterocycles. The molecule has 1 amide bonds. The van der Waals surface area contributed by atoms with Crippen LogP contribution in [0.2, 0.25) is 5.02 Å². The Morgan fingerprint density at radius 2 is 1.84 bits per heavy atom. The van der Waals surface area contributed by atoms with E-state index < -0.39 is 21.6 Å². The van der Waals surface area contributed by atoms with Crippen molar-refractivity contribution in [3.05, 3.63) is 124 Å². The van der Waals surface area contributed by atoms with Gasteiger partial charge in [-0.2, -0.15) is 4.31 Å². The fourth-order valence-corrected chi connectivity index (χ4v) is 13.4. The molecule has 16 heteroatoms. The molecule has 0 spiro atoms. The number of nitrogens with zero attached hydrogens (tertiary/aromatic N) is 3. The van der Waals surface area contributed by atoms with Gasteiger partial charge in [0, 0.05) is 66.4 Å². The summed E-state index contributed by atoms with van der Waals surface area (Å²) in [7, 11) is -3.71. The van der Waals surface area contributed by atoms with Gasteiger partial charge < -0.3 is 29.9 Å². The molecule has 0 saturated carbocycles. The summed E-state index contributed by atoms with van der Waals surface area (Å²) in [6.07, 6.45) is 14.5. The van der Waals surface area contributed by atoms with Gasteiger partial charge in [0.25, 0.3) is 5.91 Å². The number of piperidine rings is 2. The summed E-state index contributed by atoms with van der Waals surface area (Å²) in [6.45, 7) is 9.64. The molecule has 2 atom stereocenters. The highest BCUT2D eigenvalue weighted by molar-refractivity contribution is 7.89. The molecule has 2 saturated heterocycles. The second kappa shape index (κ2) is 20.2. The lowest BCUT2D eigenvalue weighted by atomic mass is 9.85. The molecule has 4 aliphatic heterocycles.